The molecule has 0 aliphatic rings. The van der Waals surface area contributed by atoms with Crippen molar-refractivity contribution in [3.63, 3.8) is 0 Å². The van der Waals surface area contributed by atoms with Gasteiger partial charge in [-0.05, 0) is 0 Å². The SMILES string of the molecule is O=C(O)C(F)(F)C(F)(F)C(O)(F)F. The van der Waals surface area contributed by atoms with Crippen molar-refractivity contribution in [2.45, 2.75) is 18.0 Å². The fraction of sp³-hybridized carbons (Fsp3) is 0.750. The van der Waals surface area contributed by atoms with Crippen LogP contribution in [0.2, 0.25) is 0 Å². The molecule has 0 aromatic carbocycles. The third-order valence-corrected chi connectivity index (χ3v) is 1.04. The molecule has 0 bridgehead atoms. The van der Waals surface area contributed by atoms with Crippen molar-refractivity contribution in [3.05, 3.63) is 0 Å². The van der Waals surface area contributed by atoms with E-state index in [0.717, 1.165) is 0 Å². The van der Waals surface area contributed by atoms with Gasteiger partial charge in [-0.25, -0.2) is 4.79 Å². The Morgan fingerprint density at radius 3 is 1.38 bits per heavy atom. The number of aliphatic carboxylic acids is 1. The highest BCUT2D eigenvalue weighted by Gasteiger charge is 2.75. The molecule has 0 fully saturated rings. The topological polar surface area (TPSA) is 57.5 Å². The Morgan fingerprint density at radius 1 is 1.00 bits per heavy atom. The number of alkyl halides is 6. The van der Waals surface area contributed by atoms with E-state index in [0.29, 0.717) is 0 Å². The first-order valence-electron chi connectivity index (χ1n) is 2.54. The Hall–Kier alpha value is -0.990. The lowest BCUT2D eigenvalue weighted by Gasteiger charge is -2.25. The summed E-state index contributed by atoms with van der Waals surface area (Å²) in [7, 11) is 0. The van der Waals surface area contributed by atoms with Crippen LogP contribution in [0.3, 0.4) is 0 Å². The van der Waals surface area contributed by atoms with Crippen LogP contribution in [0.4, 0.5) is 26.3 Å². The van der Waals surface area contributed by atoms with Gasteiger partial charge in [-0.2, -0.15) is 26.3 Å². The van der Waals surface area contributed by atoms with Gasteiger partial charge in [-0.1, -0.05) is 0 Å². The Morgan fingerprint density at radius 2 is 1.31 bits per heavy atom. The molecule has 9 heteroatoms. The molecule has 0 aromatic rings. The molecule has 0 saturated carbocycles. The summed E-state index contributed by atoms with van der Waals surface area (Å²) in [5, 5.41) is 14.8. The molecule has 2 N–H and O–H groups in total. The molecule has 0 heterocycles. The lowest BCUT2D eigenvalue weighted by molar-refractivity contribution is -0.377. The fourth-order valence-corrected chi connectivity index (χ4v) is 0.323. The number of halogens is 6. The standard InChI is InChI=1S/C4H2F6O3/c5-2(6,1(11)12)3(7,8)4(9,10)13/h13H,(H,11,12). The summed E-state index contributed by atoms with van der Waals surface area (Å²) in [4.78, 5) is 9.44. The van der Waals surface area contributed by atoms with Gasteiger partial charge in [0.05, 0.1) is 0 Å². The van der Waals surface area contributed by atoms with E-state index in [9.17, 15) is 31.1 Å². The van der Waals surface area contributed by atoms with Crippen LogP contribution in [0.5, 0.6) is 0 Å². The van der Waals surface area contributed by atoms with E-state index in [1.807, 2.05) is 0 Å². The Bertz CT molecular complexity index is 218. The molecule has 0 unspecified atom stereocenters. The van der Waals surface area contributed by atoms with Crippen LogP contribution in [-0.4, -0.2) is 34.1 Å². The van der Waals surface area contributed by atoms with Crippen LogP contribution in [0, 0.1) is 0 Å². The lowest BCUT2D eigenvalue weighted by atomic mass is 10.1. The molecule has 3 nitrogen and oxygen atoms in total. The minimum Gasteiger partial charge on any atom is -0.477 e. The van der Waals surface area contributed by atoms with Gasteiger partial charge >= 0.3 is 23.9 Å². The molecule has 0 saturated heterocycles. The number of aliphatic hydroxyl groups is 1. The Kier molecular flexibility index (Phi) is 2.55. The minimum absolute atomic E-state index is 3.45. The van der Waals surface area contributed by atoms with E-state index in [1.54, 1.807) is 0 Å². The van der Waals surface area contributed by atoms with Crippen LogP contribution in [0.25, 0.3) is 0 Å². The Labute approximate surface area is 66.6 Å². The molecule has 13 heavy (non-hydrogen) atoms. The first-order valence-corrected chi connectivity index (χ1v) is 2.54. The normalized spacial score (nSPS) is 14.4. The van der Waals surface area contributed by atoms with Crippen LogP contribution in [0.15, 0.2) is 0 Å². The highest BCUT2D eigenvalue weighted by Crippen LogP contribution is 2.44. The largest absolute Gasteiger partial charge is 0.477 e. The van der Waals surface area contributed by atoms with Gasteiger partial charge in [0.15, 0.2) is 0 Å². The van der Waals surface area contributed by atoms with Crippen molar-refractivity contribution in [2.24, 2.45) is 0 Å². The predicted molar refractivity (Wildman–Crippen MR) is 24.7 cm³/mol. The maximum Gasteiger partial charge on any atom is 0.424 e. The molecular weight excluding hydrogens is 210 g/mol. The second-order valence-corrected chi connectivity index (χ2v) is 2.00. The number of rotatable bonds is 3. The third kappa shape index (κ3) is 1.69. The van der Waals surface area contributed by atoms with E-state index >= 15 is 0 Å². The van der Waals surface area contributed by atoms with Gasteiger partial charge < -0.3 is 10.2 Å². The third-order valence-electron chi connectivity index (χ3n) is 1.04. The number of hydrogen-bond donors (Lipinski definition) is 2. The number of carbonyl (C=O) groups is 1. The fourth-order valence-electron chi connectivity index (χ4n) is 0.323. The number of hydrogen-bond acceptors (Lipinski definition) is 2. The van der Waals surface area contributed by atoms with Gasteiger partial charge in [0.2, 0.25) is 0 Å². The van der Waals surface area contributed by atoms with Gasteiger partial charge in [0.1, 0.15) is 0 Å². The zero-order valence-electron chi connectivity index (χ0n) is 5.57. The number of carboxylic acids is 1. The van der Waals surface area contributed by atoms with Crippen molar-refractivity contribution in [1.82, 2.24) is 0 Å². The first-order chi connectivity index (χ1) is 5.44. The average Bonchev–Trinajstić information content (AvgIpc) is 1.84. The monoisotopic (exact) mass is 212 g/mol. The zero-order valence-corrected chi connectivity index (χ0v) is 5.57. The van der Waals surface area contributed by atoms with Crippen LogP contribution in [-0.2, 0) is 4.79 Å². The highest BCUT2D eigenvalue weighted by molar-refractivity contribution is 5.76. The van der Waals surface area contributed by atoms with E-state index in [2.05, 4.69) is 0 Å². The smallest absolute Gasteiger partial charge is 0.424 e. The van der Waals surface area contributed by atoms with Gasteiger partial charge in [0, 0.05) is 0 Å². The van der Waals surface area contributed by atoms with Gasteiger partial charge in [0.25, 0.3) is 0 Å². The highest BCUT2D eigenvalue weighted by atomic mass is 19.3. The summed E-state index contributed by atoms with van der Waals surface area (Å²) in [5.74, 6) is -15.8. The molecular formula is C4H2F6O3. The quantitative estimate of drug-likeness (QED) is 0.684. The van der Waals surface area contributed by atoms with E-state index in [-0.39, 0.29) is 0 Å². The molecule has 0 radical (unpaired) electrons. The molecule has 0 atom stereocenters. The van der Waals surface area contributed by atoms with Crippen molar-refractivity contribution < 1.29 is 41.4 Å². The van der Waals surface area contributed by atoms with E-state index < -0.39 is 23.9 Å². The van der Waals surface area contributed by atoms with Crippen LogP contribution >= 0.6 is 0 Å². The maximum atomic E-state index is 11.8. The van der Waals surface area contributed by atoms with Crippen molar-refractivity contribution >= 4 is 5.97 Å². The predicted octanol–water partition coefficient (Wildman–Crippen LogP) is 0.927. The summed E-state index contributed by atoms with van der Waals surface area (Å²) in [6.07, 6.45) is -6.10. The summed E-state index contributed by atoms with van der Waals surface area (Å²) in [6, 6.07) is 0. The van der Waals surface area contributed by atoms with Gasteiger partial charge in [-0.3, -0.25) is 0 Å². The summed E-state index contributed by atoms with van der Waals surface area (Å²) >= 11 is 0. The second kappa shape index (κ2) is 2.76. The van der Waals surface area contributed by atoms with E-state index in [4.69, 9.17) is 10.2 Å². The van der Waals surface area contributed by atoms with Crippen LogP contribution < -0.4 is 0 Å². The van der Waals surface area contributed by atoms with Crippen molar-refractivity contribution in [1.29, 1.82) is 0 Å². The van der Waals surface area contributed by atoms with Gasteiger partial charge in [-0.15, -0.1) is 0 Å². The maximum absolute atomic E-state index is 11.8. The van der Waals surface area contributed by atoms with Crippen LogP contribution in [0.1, 0.15) is 0 Å². The molecule has 78 valence electrons. The molecule has 0 spiro atoms. The second-order valence-electron chi connectivity index (χ2n) is 2.00. The average molecular weight is 212 g/mol. The molecule has 0 aromatic heterocycles. The molecule has 0 rings (SSSR count). The minimum atomic E-state index is -6.36. The van der Waals surface area contributed by atoms with Crippen molar-refractivity contribution in [3.8, 4) is 0 Å². The zero-order chi connectivity index (χ0) is 11.1. The molecule has 0 aliphatic heterocycles. The first kappa shape index (κ1) is 12.0. The molecule has 0 aliphatic carbocycles. The van der Waals surface area contributed by atoms with Crippen molar-refractivity contribution in [2.75, 3.05) is 0 Å². The Balaban J connectivity index is 5.16. The molecule has 0 amide bonds. The summed E-state index contributed by atoms with van der Waals surface area (Å²) < 4.78 is 70.2. The van der Waals surface area contributed by atoms with E-state index in [1.165, 1.54) is 0 Å². The summed E-state index contributed by atoms with van der Waals surface area (Å²) in [6.45, 7) is 0. The summed E-state index contributed by atoms with van der Waals surface area (Å²) in [5.41, 5.74) is 0. The lowest BCUT2D eigenvalue weighted by Crippen LogP contribution is -2.57. The number of carboxylic acid groups (broad SMARTS) is 1.